The van der Waals surface area contributed by atoms with E-state index in [0.29, 0.717) is 38.9 Å². The van der Waals surface area contributed by atoms with E-state index in [0.717, 1.165) is 0 Å². The second kappa shape index (κ2) is 11.0. The first kappa shape index (κ1) is 27.0. The zero-order chi connectivity index (χ0) is 25.9. The highest BCUT2D eigenvalue weighted by Gasteiger charge is 2.43. The van der Waals surface area contributed by atoms with Crippen molar-refractivity contribution in [2.75, 3.05) is 36.6 Å². The summed E-state index contributed by atoms with van der Waals surface area (Å²) >= 11 is 1.25. The number of anilines is 3. The minimum Gasteiger partial charge on any atom is -0.396 e. The number of aromatic nitrogens is 3. The average Bonchev–Trinajstić information content (AvgIpc) is 3.09. The number of halogens is 3. The van der Waals surface area contributed by atoms with Crippen LogP contribution in [0.2, 0.25) is 0 Å². The fourth-order valence-electron chi connectivity index (χ4n) is 4.03. The molecule has 0 saturated heterocycles. The highest BCUT2D eigenvalue weighted by molar-refractivity contribution is 8.08. The number of aliphatic hydroxyl groups is 2. The Morgan fingerprint density at radius 2 is 2.03 bits per heavy atom. The third kappa shape index (κ3) is 6.34. The molecular formula is C22H29F3N6O3S. The van der Waals surface area contributed by atoms with Gasteiger partial charge < -0.3 is 31.3 Å². The van der Waals surface area contributed by atoms with Crippen molar-refractivity contribution in [2.45, 2.75) is 49.6 Å². The largest absolute Gasteiger partial charge is 0.405 e. The van der Waals surface area contributed by atoms with Crippen molar-refractivity contribution >= 4 is 34.1 Å². The van der Waals surface area contributed by atoms with E-state index >= 15 is 0 Å². The van der Waals surface area contributed by atoms with Crippen LogP contribution in [-0.2, 0) is 4.74 Å². The fourth-order valence-corrected chi connectivity index (χ4v) is 5.03. The van der Waals surface area contributed by atoms with Crippen LogP contribution in [0.5, 0.6) is 0 Å². The summed E-state index contributed by atoms with van der Waals surface area (Å²) in [4.78, 5) is 13.8. The van der Waals surface area contributed by atoms with E-state index in [-0.39, 0.29) is 24.3 Å². The number of aliphatic hydroxyl groups excluding tert-OH is 2. The third-order valence-electron chi connectivity index (χ3n) is 5.80. The molecule has 9 nitrogen and oxygen atoms in total. The van der Waals surface area contributed by atoms with Gasteiger partial charge in [0, 0.05) is 35.6 Å². The Labute approximate surface area is 205 Å². The summed E-state index contributed by atoms with van der Waals surface area (Å²) in [6.07, 6.45) is -4.07. The van der Waals surface area contributed by atoms with Gasteiger partial charge in [-0.3, -0.25) is 4.98 Å². The van der Waals surface area contributed by atoms with Gasteiger partial charge in [-0.25, -0.2) is 4.98 Å². The molecule has 2 heterocycles. The van der Waals surface area contributed by atoms with Gasteiger partial charge in [0.25, 0.3) is 0 Å². The summed E-state index contributed by atoms with van der Waals surface area (Å²) in [7, 11) is 1.44. The quantitative estimate of drug-likeness (QED) is 0.318. The predicted octanol–water partition coefficient (Wildman–Crippen LogP) is 2.98. The van der Waals surface area contributed by atoms with Gasteiger partial charge in [0.15, 0.2) is 0 Å². The second-order valence-corrected chi connectivity index (χ2v) is 9.42. The van der Waals surface area contributed by atoms with E-state index in [1.807, 2.05) is 0 Å². The van der Waals surface area contributed by atoms with Gasteiger partial charge in [0.2, 0.25) is 5.95 Å². The Bertz CT molecular complexity index is 1070. The highest BCUT2D eigenvalue weighted by atomic mass is 32.2. The summed E-state index contributed by atoms with van der Waals surface area (Å²) < 4.78 is 43.6. The summed E-state index contributed by atoms with van der Waals surface area (Å²) in [5.74, 6) is -0.349. The van der Waals surface area contributed by atoms with Gasteiger partial charge in [-0.15, -0.1) is 0 Å². The topological polar surface area (TPSA) is 138 Å². The molecule has 3 rings (SSSR count). The lowest BCUT2D eigenvalue weighted by molar-refractivity contribution is -0.115. The standard InChI is InChI=1S/C22H29F3N6O3S/c1-10-16(12(3)35-15-5-6-27-11(2)17(15)26)20(31-21(29-10)28-9-22(23,24)25)30-14-7-13(8-32)19(34-4)18(14)33/h5-6,13-14,18-19,32-33H,3,7-9,26H2,1-2,4H3,(H2,28,29,30,31)/t13-,14-,18+,19-/m1/s1. The van der Waals surface area contributed by atoms with Crippen LogP contribution in [-0.4, -0.2) is 69.9 Å². The van der Waals surface area contributed by atoms with E-state index in [2.05, 4.69) is 32.2 Å². The molecule has 0 aromatic carbocycles. The molecule has 35 heavy (non-hydrogen) atoms. The van der Waals surface area contributed by atoms with Gasteiger partial charge in [0.05, 0.1) is 34.8 Å². The van der Waals surface area contributed by atoms with Crippen molar-refractivity contribution in [1.82, 2.24) is 15.0 Å². The number of nitrogens with one attached hydrogen (secondary N) is 2. The first-order valence-electron chi connectivity index (χ1n) is 10.8. The molecule has 2 aromatic rings. The van der Waals surface area contributed by atoms with Gasteiger partial charge in [-0.05, 0) is 26.3 Å². The maximum Gasteiger partial charge on any atom is 0.405 e. The number of aryl methyl sites for hydroxylation is 2. The average molecular weight is 515 g/mol. The van der Waals surface area contributed by atoms with E-state index in [9.17, 15) is 23.4 Å². The number of nitrogens with two attached hydrogens (primary N) is 1. The van der Waals surface area contributed by atoms with Crippen LogP contribution in [0.3, 0.4) is 0 Å². The molecule has 4 atom stereocenters. The molecule has 0 radical (unpaired) electrons. The summed E-state index contributed by atoms with van der Waals surface area (Å²) in [5, 5.41) is 25.7. The second-order valence-electron chi connectivity index (χ2n) is 8.28. The van der Waals surface area contributed by atoms with Crippen LogP contribution in [0.4, 0.5) is 30.6 Å². The van der Waals surface area contributed by atoms with E-state index in [1.165, 1.54) is 18.9 Å². The van der Waals surface area contributed by atoms with Crippen LogP contribution in [0.15, 0.2) is 23.7 Å². The first-order chi connectivity index (χ1) is 16.4. The van der Waals surface area contributed by atoms with Crippen LogP contribution in [0.1, 0.15) is 23.4 Å². The van der Waals surface area contributed by atoms with Crippen LogP contribution < -0.4 is 16.4 Å². The van der Waals surface area contributed by atoms with Gasteiger partial charge >= 0.3 is 6.18 Å². The number of alkyl halides is 3. The fraction of sp³-hybridized carbons (Fsp3) is 0.500. The summed E-state index contributed by atoms with van der Waals surface area (Å²) in [5.41, 5.74) is 8.12. The van der Waals surface area contributed by atoms with Crippen LogP contribution >= 0.6 is 11.8 Å². The van der Waals surface area contributed by atoms with E-state index in [4.69, 9.17) is 10.5 Å². The molecule has 1 aliphatic carbocycles. The third-order valence-corrected chi connectivity index (χ3v) is 6.82. The SMILES string of the molecule is C=C(Sc1ccnc(C)c1N)c1c(C)nc(NCC(F)(F)F)nc1N[C@@H]1C[C@H](CO)[C@@H](OC)[C@H]1O. The molecule has 192 valence electrons. The molecular weight excluding hydrogens is 485 g/mol. The minimum absolute atomic E-state index is 0.189. The predicted molar refractivity (Wildman–Crippen MR) is 129 cm³/mol. The van der Waals surface area contributed by atoms with Crippen molar-refractivity contribution in [3.8, 4) is 0 Å². The monoisotopic (exact) mass is 514 g/mol. The molecule has 1 fully saturated rings. The maximum atomic E-state index is 12.8. The zero-order valence-electron chi connectivity index (χ0n) is 19.6. The van der Waals surface area contributed by atoms with Crippen molar-refractivity contribution in [3.63, 3.8) is 0 Å². The van der Waals surface area contributed by atoms with Crippen LogP contribution in [0.25, 0.3) is 4.91 Å². The Morgan fingerprint density at radius 1 is 1.31 bits per heavy atom. The Morgan fingerprint density at radius 3 is 2.63 bits per heavy atom. The smallest absolute Gasteiger partial charge is 0.396 e. The lowest BCUT2D eigenvalue weighted by atomic mass is 10.1. The highest BCUT2D eigenvalue weighted by Crippen LogP contribution is 2.41. The number of thioether (sulfide) groups is 1. The molecule has 0 aliphatic heterocycles. The Hall–Kier alpha value is -2.61. The zero-order valence-corrected chi connectivity index (χ0v) is 20.4. The maximum absolute atomic E-state index is 12.8. The lowest BCUT2D eigenvalue weighted by Crippen LogP contribution is -2.37. The van der Waals surface area contributed by atoms with Crippen molar-refractivity contribution in [2.24, 2.45) is 5.92 Å². The molecule has 0 unspecified atom stereocenters. The minimum atomic E-state index is -4.46. The molecule has 13 heteroatoms. The molecule has 0 spiro atoms. The number of nitrogens with zero attached hydrogens (tertiary/aromatic N) is 3. The summed E-state index contributed by atoms with van der Waals surface area (Å²) in [6.45, 7) is 6.03. The number of methoxy groups -OCH3 is 1. The summed E-state index contributed by atoms with van der Waals surface area (Å²) in [6, 6.07) is 1.16. The number of pyridine rings is 1. The van der Waals surface area contributed by atoms with Gasteiger partial charge in [0.1, 0.15) is 18.5 Å². The van der Waals surface area contributed by atoms with E-state index in [1.54, 1.807) is 26.1 Å². The normalized spacial score (nSPS) is 22.3. The molecule has 0 bridgehead atoms. The van der Waals surface area contributed by atoms with E-state index < -0.39 is 31.0 Å². The number of ether oxygens (including phenoxy) is 1. The number of rotatable bonds is 9. The number of hydrogen-bond donors (Lipinski definition) is 5. The molecule has 2 aromatic heterocycles. The number of hydrogen-bond acceptors (Lipinski definition) is 10. The van der Waals surface area contributed by atoms with Crippen LogP contribution in [0, 0.1) is 19.8 Å². The Balaban J connectivity index is 1.97. The molecule has 0 amide bonds. The first-order valence-corrected chi connectivity index (χ1v) is 11.6. The van der Waals surface area contributed by atoms with Gasteiger partial charge in [-0.2, -0.15) is 18.2 Å². The number of nitrogen functional groups attached to an aromatic ring is 1. The van der Waals surface area contributed by atoms with Crippen molar-refractivity contribution in [3.05, 3.63) is 35.8 Å². The molecule has 1 saturated carbocycles. The van der Waals surface area contributed by atoms with Crippen molar-refractivity contribution < 1.29 is 28.1 Å². The molecule has 6 N–H and O–H groups in total. The molecule has 1 aliphatic rings. The Kier molecular flexibility index (Phi) is 8.46. The lowest BCUT2D eigenvalue weighted by Gasteiger charge is -2.23. The van der Waals surface area contributed by atoms with Gasteiger partial charge in [-0.1, -0.05) is 18.3 Å². The van der Waals surface area contributed by atoms with Crippen molar-refractivity contribution in [1.29, 1.82) is 0 Å².